The standard InChI is InChI=1S/C15H20N4OS/c1-9(5-11-4-3-10(2)21-11)19-15(20)13-6-12-14(7-16-13)18-8-17-12/h3-4,8-9,13,16H,5-7H2,1-2H3,(H,17,18)(H,19,20). The maximum Gasteiger partial charge on any atom is 0.237 e. The lowest BCUT2D eigenvalue weighted by Gasteiger charge is -2.24. The summed E-state index contributed by atoms with van der Waals surface area (Å²) in [5, 5.41) is 6.35. The summed E-state index contributed by atoms with van der Waals surface area (Å²) in [5.41, 5.74) is 2.08. The van der Waals surface area contributed by atoms with E-state index in [-0.39, 0.29) is 18.0 Å². The van der Waals surface area contributed by atoms with Crippen LogP contribution in [0.1, 0.15) is 28.1 Å². The quantitative estimate of drug-likeness (QED) is 0.802. The lowest BCUT2D eigenvalue weighted by Crippen LogP contribution is -2.50. The van der Waals surface area contributed by atoms with Crippen LogP contribution in [-0.4, -0.2) is 28.0 Å². The van der Waals surface area contributed by atoms with Crippen molar-refractivity contribution in [2.24, 2.45) is 0 Å². The van der Waals surface area contributed by atoms with E-state index < -0.39 is 0 Å². The molecule has 2 unspecified atom stereocenters. The number of fused-ring (bicyclic) bond motifs is 1. The molecule has 0 fully saturated rings. The molecule has 0 aliphatic carbocycles. The Kier molecular flexibility index (Phi) is 4.07. The first-order valence-corrected chi connectivity index (χ1v) is 8.03. The molecule has 3 heterocycles. The number of hydrogen-bond donors (Lipinski definition) is 3. The van der Waals surface area contributed by atoms with E-state index in [1.807, 2.05) is 0 Å². The Labute approximate surface area is 128 Å². The fourth-order valence-electron chi connectivity index (χ4n) is 2.65. The number of amides is 1. The van der Waals surface area contributed by atoms with Crippen molar-refractivity contribution in [1.82, 2.24) is 20.6 Å². The number of imidazole rings is 1. The van der Waals surface area contributed by atoms with Crippen LogP contribution in [0.15, 0.2) is 18.5 Å². The molecule has 0 saturated heterocycles. The van der Waals surface area contributed by atoms with Gasteiger partial charge in [-0.3, -0.25) is 10.1 Å². The third kappa shape index (κ3) is 3.33. The summed E-state index contributed by atoms with van der Waals surface area (Å²) in [6, 6.07) is 4.21. The highest BCUT2D eigenvalue weighted by Gasteiger charge is 2.26. The first-order valence-electron chi connectivity index (χ1n) is 7.22. The van der Waals surface area contributed by atoms with Crippen molar-refractivity contribution >= 4 is 17.2 Å². The molecule has 1 aliphatic heterocycles. The number of nitrogens with zero attached hydrogens (tertiary/aromatic N) is 1. The molecular formula is C15H20N4OS. The summed E-state index contributed by atoms with van der Waals surface area (Å²) >= 11 is 1.79. The Balaban J connectivity index is 1.54. The Morgan fingerprint density at radius 1 is 1.57 bits per heavy atom. The molecule has 0 aromatic carbocycles. The monoisotopic (exact) mass is 304 g/mol. The predicted octanol–water partition coefficient (Wildman–Crippen LogP) is 1.54. The van der Waals surface area contributed by atoms with Crippen molar-refractivity contribution in [1.29, 1.82) is 0 Å². The summed E-state index contributed by atoms with van der Waals surface area (Å²) in [4.78, 5) is 22.3. The average molecular weight is 304 g/mol. The van der Waals surface area contributed by atoms with Crippen LogP contribution in [0.4, 0.5) is 0 Å². The van der Waals surface area contributed by atoms with Gasteiger partial charge in [0.2, 0.25) is 5.91 Å². The van der Waals surface area contributed by atoms with Gasteiger partial charge in [0.25, 0.3) is 0 Å². The number of H-pyrrole nitrogens is 1. The van der Waals surface area contributed by atoms with E-state index in [1.165, 1.54) is 9.75 Å². The van der Waals surface area contributed by atoms with Crippen molar-refractivity contribution in [3.05, 3.63) is 39.6 Å². The summed E-state index contributed by atoms with van der Waals surface area (Å²) in [5.74, 6) is 0.0597. The van der Waals surface area contributed by atoms with Crippen LogP contribution >= 0.6 is 11.3 Å². The fourth-order valence-corrected chi connectivity index (χ4v) is 3.66. The van der Waals surface area contributed by atoms with Gasteiger partial charge in [0.15, 0.2) is 0 Å². The second-order valence-electron chi connectivity index (χ2n) is 5.59. The van der Waals surface area contributed by atoms with E-state index in [9.17, 15) is 4.79 Å². The predicted molar refractivity (Wildman–Crippen MR) is 83.3 cm³/mol. The van der Waals surface area contributed by atoms with E-state index in [0.717, 1.165) is 17.8 Å². The van der Waals surface area contributed by atoms with Gasteiger partial charge in [-0.2, -0.15) is 0 Å². The smallest absolute Gasteiger partial charge is 0.237 e. The molecule has 0 spiro atoms. The van der Waals surface area contributed by atoms with Gasteiger partial charge in [-0.15, -0.1) is 11.3 Å². The molecule has 1 amide bonds. The normalized spacial score (nSPS) is 19.0. The molecule has 112 valence electrons. The molecular weight excluding hydrogens is 284 g/mol. The van der Waals surface area contributed by atoms with Crippen LogP contribution in [0.3, 0.4) is 0 Å². The summed E-state index contributed by atoms with van der Waals surface area (Å²) < 4.78 is 0. The molecule has 3 N–H and O–H groups in total. The van der Waals surface area contributed by atoms with Gasteiger partial charge in [0.1, 0.15) is 0 Å². The summed E-state index contributed by atoms with van der Waals surface area (Å²) in [7, 11) is 0. The lowest BCUT2D eigenvalue weighted by molar-refractivity contribution is -0.123. The maximum atomic E-state index is 12.3. The maximum absolute atomic E-state index is 12.3. The molecule has 0 saturated carbocycles. The number of aromatic amines is 1. The largest absolute Gasteiger partial charge is 0.352 e. The average Bonchev–Trinajstić information content (AvgIpc) is 3.06. The number of nitrogens with one attached hydrogen (secondary N) is 3. The van der Waals surface area contributed by atoms with Crippen LogP contribution in [0.25, 0.3) is 0 Å². The molecule has 2 atom stereocenters. The van der Waals surface area contributed by atoms with E-state index in [1.54, 1.807) is 17.7 Å². The van der Waals surface area contributed by atoms with Crippen LogP contribution in [-0.2, 0) is 24.2 Å². The number of carbonyl (C=O) groups excluding carboxylic acids is 1. The van der Waals surface area contributed by atoms with Gasteiger partial charge in [-0.1, -0.05) is 0 Å². The summed E-state index contributed by atoms with van der Waals surface area (Å²) in [6.45, 7) is 4.83. The topological polar surface area (TPSA) is 69.8 Å². The van der Waals surface area contributed by atoms with Crippen LogP contribution in [0, 0.1) is 6.92 Å². The number of thiophene rings is 1. The van der Waals surface area contributed by atoms with Gasteiger partial charge in [-0.05, 0) is 26.0 Å². The third-order valence-corrected chi connectivity index (χ3v) is 4.76. The van der Waals surface area contributed by atoms with Crippen molar-refractivity contribution in [3.8, 4) is 0 Å². The Morgan fingerprint density at radius 3 is 3.19 bits per heavy atom. The van der Waals surface area contributed by atoms with Gasteiger partial charge in [0, 0.05) is 35.2 Å². The SMILES string of the molecule is Cc1ccc(CC(C)NC(=O)C2Cc3nc[nH]c3CN2)s1. The zero-order valence-electron chi connectivity index (χ0n) is 12.3. The molecule has 6 heteroatoms. The molecule has 2 aromatic heterocycles. The fraction of sp³-hybridized carbons (Fsp3) is 0.467. The van der Waals surface area contributed by atoms with E-state index in [2.05, 4.69) is 46.6 Å². The number of carbonyl (C=O) groups is 1. The zero-order chi connectivity index (χ0) is 14.8. The van der Waals surface area contributed by atoms with E-state index >= 15 is 0 Å². The minimum Gasteiger partial charge on any atom is -0.352 e. The molecule has 2 aromatic rings. The van der Waals surface area contributed by atoms with Crippen molar-refractivity contribution in [2.75, 3.05) is 0 Å². The molecule has 5 nitrogen and oxygen atoms in total. The van der Waals surface area contributed by atoms with Crippen molar-refractivity contribution < 1.29 is 4.79 Å². The first-order chi connectivity index (χ1) is 10.1. The second-order valence-corrected chi connectivity index (χ2v) is 6.96. The van der Waals surface area contributed by atoms with Gasteiger partial charge in [-0.25, -0.2) is 4.98 Å². The molecule has 3 rings (SSSR count). The Bertz CT molecular complexity index is 633. The Morgan fingerprint density at radius 2 is 2.43 bits per heavy atom. The molecule has 21 heavy (non-hydrogen) atoms. The van der Waals surface area contributed by atoms with Crippen LogP contribution < -0.4 is 10.6 Å². The number of rotatable bonds is 4. The number of hydrogen-bond acceptors (Lipinski definition) is 4. The second kappa shape index (κ2) is 5.99. The first kappa shape index (κ1) is 14.3. The highest BCUT2D eigenvalue weighted by molar-refractivity contribution is 7.11. The van der Waals surface area contributed by atoms with Crippen LogP contribution in [0.2, 0.25) is 0 Å². The highest BCUT2D eigenvalue weighted by atomic mass is 32.1. The van der Waals surface area contributed by atoms with Crippen LogP contribution in [0.5, 0.6) is 0 Å². The van der Waals surface area contributed by atoms with Gasteiger partial charge >= 0.3 is 0 Å². The van der Waals surface area contributed by atoms with Crippen molar-refractivity contribution in [3.63, 3.8) is 0 Å². The summed E-state index contributed by atoms with van der Waals surface area (Å²) in [6.07, 6.45) is 3.22. The van der Waals surface area contributed by atoms with E-state index in [0.29, 0.717) is 13.0 Å². The third-order valence-electron chi connectivity index (χ3n) is 3.74. The Hall–Kier alpha value is -1.66. The minimum absolute atomic E-state index is 0.0597. The van der Waals surface area contributed by atoms with E-state index in [4.69, 9.17) is 0 Å². The molecule has 0 radical (unpaired) electrons. The lowest BCUT2D eigenvalue weighted by atomic mass is 10.0. The van der Waals surface area contributed by atoms with Gasteiger partial charge in [0.05, 0.1) is 23.8 Å². The minimum atomic E-state index is -0.187. The van der Waals surface area contributed by atoms with Gasteiger partial charge < -0.3 is 10.3 Å². The highest BCUT2D eigenvalue weighted by Crippen LogP contribution is 2.17. The number of aryl methyl sites for hydroxylation is 1. The zero-order valence-corrected chi connectivity index (χ0v) is 13.1. The van der Waals surface area contributed by atoms with Crippen molar-refractivity contribution in [2.45, 2.75) is 45.3 Å². The number of aromatic nitrogens is 2. The molecule has 0 bridgehead atoms. The molecule has 1 aliphatic rings.